The Hall–Kier alpha value is -2.89. The molecular weight excluding hydrogens is 358 g/mol. The Morgan fingerprint density at radius 2 is 1.82 bits per heavy atom. The zero-order chi connectivity index (χ0) is 20.4. The zero-order valence-corrected chi connectivity index (χ0v) is 17.0. The molecule has 0 saturated carbocycles. The Balaban J connectivity index is 1.77. The number of hydrogen-bond donors (Lipinski definition) is 1. The van der Waals surface area contributed by atoms with Crippen molar-refractivity contribution in [1.82, 2.24) is 5.32 Å². The highest BCUT2D eigenvalue weighted by atomic mass is 16.5. The van der Waals surface area contributed by atoms with E-state index in [1.54, 1.807) is 33.3 Å². The van der Waals surface area contributed by atoms with Gasteiger partial charge in [-0.2, -0.15) is 0 Å². The maximum Gasteiger partial charge on any atom is 0.260 e. The lowest BCUT2D eigenvalue weighted by molar-refractivity contribution is -0.127. The van der Waals surface area contributed by atoms with Gasteiger partial charge in [-0.3, -0.25) is 4.79 Å². The number of aryl methyl sites for hydroxylation is 1. The molecule has 28 heavy (non-hydrogen) atoms. The van der Waals surface area contributed by atoms with Crippen molar-refractivity contribution in [2.75, 3.05) is 27.4 Å². The Kier molecular flexibility index (Phi) is 8.46. The molecule has 0 aliphatic carbocycles. The van der Waals surface area contributed by atoms with E-state index in [0.717, 1.165) is 29.9 Å². The molecule has 0 saturated heterocycles. The average Bonchev–Trinajstić information content (AvgIpc) is 2.72. The Bertz CT molecular complexity index is 762. The summed E-state index contributed by atoms with van der Waals surface area (Å²) in [5.74, 6) is 2.61. The smallest absolute Gasteiger partial charge is 0.260 e. The first-order chi connectivity index (χ1) is 13.6. The van der Waals surface area contributed by atoms with Crippen LogP contribution in [0, 0.1) is 0 Å². The first kappa shape index (κ1) is 21.4. The van der Waals surface area contributed by atoms with E-state index >= 15 is 0 Å². The number of amides is 1. The molecule has 0 aromatic heterocycles. The monoisotopic (exact) mass is 387 g/mol. The summed E-state index contributed by atoms with van der Waals surface area (Å²) in [7, 11) is 3.22. The lowest BCUT2D eigenvalue weighted by Gasteiger charge is -2.15. The molecule has 0 spiro atoms. The van der Waals surface area contributed by atoms with Gasteiger partial charge in [-0.1, -0.05) is 12.1 Å². The predicted octanol–water partition coefficient (Wildman–Crippen LogP) is 3.62. The summed E-state index contributed by atoms with van der Waals surface area (Å²) >= 11 is 0. The van der Waals surface area contributed by atoms with E-state index in [1.165, 1.54) is 0 Å². The van der Waals surface area contributed by atoms with Crippen molar-refractivity contribution in [2.24, 2.45) is 0 Å². The third kappa shape index (κ3) is 6.37. The molecule has 0 aliphatic rings. The van der Waals surface area contributed by atoms with Gasteiger partial charge >= 0.3 is 0 Å². The summed E-state index contributed by atoms with van der Waals surface area (Å²) in [6.07, 6.45) is 1.06. The lowest BCUT2D eigenvalue weighted by Crippen LogP contribution is -2.36. The number of rotatable bonds is 11. The van der Waals surface area contributed by atoms with E-state index in [4.69, 9.17) is 18.9 Å². The minimum absolute atomic E-state index is 0.146. The molecule has 0 aliphatic heterocycles. The highest BCUT2D eigenvalue weighted by Crippen LogP contribution is 2.28. The normalized spacial score (nSPS) is 11.4. The van der Waals surface area contributed by atoms with Gasteiger partial charge in [0.15, 0.2) is 17.6 Å². The van der Waals surface area contributed by atoms with E-state index < -0.39 is 6.10 Å². The van der Waals surface area contributed by atoms with Crippen LogP contribution in [-0.2, 0) is 11.2 Å². The van der Waals surface area contributed by atoms with Crippen molar-refractivity contribution in [2.45, 2.75) is 32.8 Å². The van der Waals surface area contributed by atoms with Gasteiger partial charge in [0.1, 0.15) is 11.5 Å². The van der Waals surface area contributed by atoms with Crippen LogP contribution in [0.5, 0.6) is 23.0 Å². The Labute approximate surface area is 166 Å². The van der Waals surface area contributed by atoms with Crippen molar-refractivity contribution < 1.29 is 23.7 Å². The molecule has 2 rings (SSSR count). The summed E-state index contributed by atoms with van der Waals surface area (Å²) in [5, 5.41) is 2.91. The Morgan fingerprint density at radius 1 is 1.04 bits per heavy atom. The molecular formula is C22H29NO5. The summed E-state index contributed by atoms with van der Waals surface area (Å²) in [4.78, 5) is 12.2. The molecule has 2 aromatic rings. The zero-order valence-electron chi connectivity index (χ0n) is 17.0. The quantitative estimate of drug-likeness (QED) is 0.597. The van der Waals surface area contributed by atoms with Crippen LogP contribution in [0.3, 0.4) is 0 Å². The number of carbonyl (C=O) groups excluding carboxylic acids is 1. The minimum Gasteiger partial charge on any atom is -0.497 e. The molecule has 152 valence electrons. The molecule has 1 amide bonds. The van der Waals surface area contributed by atoms with E-state index in [0.29, 0.717) is 24.7 Å². The fourth-order valence-corrected chi connectivity index (χ4v) is 2.72. The van der Waals surface area contributed by atoms with Gasteiger partial charge in [-0.25, -0.2) is 0 Å². The van der Waals surface area contributed by atoms with Crippen LogP contribution in [0.2, 0.25) is 0 Å². The first-order valence-electron chi connectivity index (χ1n) is 9.45. The fourth-order valence-electron chi connectivity index (χ4n) is 2.72. The Morgan fingerprint density at radius 3 is 2.54 bits per heavy atom. The van der Waals surface area contributed by atoms with E-state index in [1.807, 2.05) is 37.3 Å². The van der Waals surface area contributed by atoms with Crippen LogP contribution in [0.4, 0.5) is 0 Å². The average molecular weight is 387 g/mol. The van der Waals surface area contributed by atoms with Crippen LogP contribution in [0.1, 0.15) is 25.8 Å². The lowest BCUT2D eigenvalue weighted by atomic mass is 10.1. The third-order valence-electron chi connectivity index (χ3n) is 4.19. The second kappa shape index (κ2) is 11.1. The second-order valence-electron chi connectivity index (χ2n) is 6.25. The summed E-state index contributed by atoms with van der Waals surface area (Å²) in [6.45, 7) is 4.83. The van der Waals surface area contributed by atoms with Gasteiger partial charge in [0.2, 0.25) is 0 Å². The van der Waals surface area contributed by atoms with E-state index in [2.05, 4.69) is 5.32 Å². The maximum atomic E-state index is 12.2. The van der Waals surface area contributed by atoms with E-state index in [-0.39, 0.29) is 5.91 Å². The van der Waals surface area contributed by atoms with Crippen molar-refractivity contribution in [1.29, 1.82) is 0 Å². The second-order valence-corrected chi connectivity index (χ2v) is 6.25. The van der Waals surface area contributed by atoms with Gasteiger partial charge in [0, 0.05) is 12.6 Å². The van der Waals surface area contributed by atoms with Gasteiger partial charge in [-0.15, -0.1) is 0 Å². The molecule has 6 nitrogen and oxygen atoms in total. The highest BCUT2D eigenvalue weighted by Gasteiger charge is 2.14. The molecule has 1 atom stereocenters. The number of carbonyl (C=O) groups is 1. The largest absolute Gasteiger partial charge is 0.497 e. The van der Waals surface area contributed by atoms with Gasteiger partial charge in [0.05, 0.1) is 20.8 Å². The van der Waals surface area contributed by atoms with Crippen molar-refractivity contribution in [3.8, 4) is 23.0 Å². The van der Waals surface area contributed by atoms with Crippen LogP contribution in [0.25, 0.3) is 0 Å². The molecule has 6 heteroatoms. The molecule has 0 unspecified atom stereocenters. The fraction of sp³-hybridized carbons (Fsp3) is 0.409. The van der Waals surface area contributed by atoms with Crippen molar-refractivity contribution in [3.05, 3.63) is 48.0 Å². The number of methoxy groups -OCH3 is 2. The van der Waals surface area contributed by atoms with Crippen molar-refractivity contribution in [3.63, 3.8) is 0 Å². The number of benzene rings is 2. The third-order valence-corrected chi connectivity index (χ3v) is 4.19. The molecule has 0 radical (unpaired) electrons. The topological polar surface area (TPSA) is 66.0 Å². The van der Waals surface area contributed by atoms with Gasteiger partial charge in [-0.05, 0) is 56.5 Å². The van der Waals surface area contributed by atoms with Crippen LogP contribution in [0.15, 0.2) is 42.5 Å². The molecule has 0 bridgehead atoms. The number of nitrogens with one attached hydrogen (secondary N) is 1. The minimum atomic E-state index is -0.585. The molecule has 0 fully saturated rings. The maximum absolute atomic E-state index is 12.2. The van der Waals surface area contributed by atoms with Crippen LogP contribution >= 0.6 is 0 Å². The van der Waals surface area contributed by atoms with E-state index in [9.17, 15) is 4.79 Å². The highest BCUT2D eigenvalue weighted by molar-refractivity contribution is 5.80. The first-order valence-corrected chi connectivity index (χ1v) is 9.45. The van der Waals surface area contributed by atoms with Gasteiger partial charge in [0.25, 0.3) is 5.91 Å². The standard InChI is InChI=1S/C22H29NO5/c1-5-27-20-12-11-17(14-21(20)26-4)8-7-13-23-22(24)16(2)28-19-10-6-9-18(15-19)25-3/h6,9-12,14-16H,5,7-8,13H2,1-4H3,(H,23,24)/t16-/m1/s1. The van der Waals surface area contributed by atoms with Crippen LogP contribution in [-0.4, -0.2) is 39.4 Å². The number of ether oxygens (including phenoxy) is 4. The predicted molar refractivity (Wildman–Crippen MR) is 109 cm³/mol. The molecule has 0 heterocycles. The summed E-state index contributed by atoms with van der Waals surface area (Å²) in [5.41, 5.74) is 1.13. The summed E-state index contributed by atoms with van der Waals surface area (Å²) < 4.78 is 21.7. The number of hydrogen-bond acceptors (Lipinski definition) is 5. The summed E-state index contributed by atoms with van der Waals surface area (Å²) in [6, 6.07) is 13.1. The SMILES string of the molecule is CCOc1ccc(CCCNC(=O)[C@@H](C)Oc2cccc(OC)c2)cc1OC. The van der Waals surface area contributed by atoms with Crippen LogP contribution < -0.4 is 24.3 Å². The van der Waals surface area contributed by atoms with Crippen molar-refractivity contribution >= 4 is 5.91 Å². The van der Waals surface area contributed by atoms with Gasteiger partial charge < -0.3 is 24.3 Å². The molecule has 1 N–H and O–H groups in total. The molecule has 2 aromatic carbocycles.